The standard InChI is InChI=1S/C17H23NO3/c1-13-5-7-14(8-6-13)3-2-4-16(19)18(15-9-10-15)12-11-17(20)21/h5-8,15H,2-4,9-12H2,1H3,(H,20,21). The fraction of sp³-hybridized carbons (Fsp3) is 0.529. The van der Waals surface area contributed by atoms with Gasteiger partial charge < -0.3 is 10.0 Å². The molecule has 0 saturated heterocycles. The molecule has 0 radical (unpaired) electrons. The number of hydrogen-bond acceptors (Lipinski definition) is 2. The van der Waals surface area contributed by atoms with Crippen LogP contribution < -0.4 is 0 Å². The maximum absolute atomic E-state index is 12.2. The number of hydrogen-bond donors (Lipinski definition) is 1. The molecule has 0 atom stereocenters. The molecule has 0 heterocycles. The maximum Gasteiger partial charge on any atom is 0.305 e. The molecule has 1 saturated carbocycles. The highest BCUT2D eigenvalue weighted by Crippen LogP contribution is 2.27. The highest BCUT2D eigenvalue weighted by Gasteiger charge is 2.32. The van der Waals surface area contributed by atoms with Gasteiger partial charge in [0.05, 0.1) is 6.42 Å². The van der Waals surface area contributed by atoms with Gasteiger partial charge in [-0.05, 0) is 38.2 Å². The van der Waals surface area contributed by atoms with Crippen molar-refractivity contribution in [3.05, 3.63) is 35.4 Å². The van der Waals surface area contributed by atoms with E-state index in [4.69, 9.17) is 5.11 Å². The van der Waals surface area contributed by atoms with Crippen molar-refractivity contribution in [1.82, 2.24) is 4.90 Å². The second-order valence-electron chi connectivity index (χ2n) is 5.80. The number of carboxylic acids is 1. The molecule has 0 spiro atoms. The fourth-order valence-electron chi connectivity index (χ4n) is 2.46. The van der Waals surface area contributed by atoms with Crippen molar-refractivity contribution in [2.45, 2.75) is 51.5 Å². The number of carboxylic acid groups (broad SMARTS) is 1. The zero-order chi connectivity index (χ0) is 15.2. The van der Waals surface area contributed by atoms with Crippen LogP contribution in [0.15, 0.2) is 24.3 Å². The summed E-state index contributed by atoms with van der Waals surface area (Å²) in [6.45, 7) is 2.41. The Morgan fingerprint density at radius 3 is 2.43 bits per heavy atom. The van der Waals surface area contributed by atoms with Crippen molar-refractivity contribution >= 4 is 11.9 Å². The van der Waals surface area contributed by atoms with Crippen molar-refractivity contribution in [2.75, 3.05) is 6.54 Å². The zero-order valence-electron chi connectivity index (χ0n) is 12.5. The smallest absolute Gasteiger partial charge is 0.305 e. The lowest BCUT2D eigenvalue weighted by Gasteiger charge is -2.21. The van der Waals surface area contributed by atoms with Crippen LogP contribution in [0.5, 0.6) is 0 Å². The van der Waals surface area contributed by atoms with E-state index in [1.807, 2.05) is 0 Å². The summed E-state index contributed by atoms with van der Waals surface area (Å²) >= 11 is 0. The minimum atomic E-state index is -0.840. The fourth-order valence-corrected chi connectivity index (χ4v) is 2.46. The molecular weight excluding hydrogens is 266 g/mol. The molecule has 0 aromatic heterocycles. The van der Waals surface area contributed by atoms with E-state index in [9.17, 15) is 9.59 Å². The molecule has 1 N–H and O–H groups in total. The zero-order valence-corrected chi connectivity index (χ0v) is 12.5. The first kappa shape index (κ1) is 15.5. The minimum Gasteiger partial charge on any atom is -0.481 e. The summed E-state index contributed by atoms with van der Waals surface area (Å²) in [5, 5.41) is 8.76. The lowest BCUT2D eigenvalue weighted by molar-refractivity contribution is -0.138. The van der Waals surface area contributed by atoms with E-state index in [1.54, 1.807) is 4.90 Å². The molecule has 1 aliphatic carbocycles. The molecular formula is C17H23NO3. The van der Waals surface area contributed by atoms with E-state index in [-0.39, 0.29) is 18.4 Å². The number of benzene rings is 1. The third kappa shape index (κ3) is 5.21. The van der Waals surface area contributed by atoms with E-state index in [2.05, 4.69) is 31.2 Å². The van der Waals surface area contributed by atoms with Gasteiger partial charge in [-0.15, -0.1) is 0 Å². The Kier molecular flexibility index (Phi) is 5.37. The van der Waals surface area contributed by atoms with Gasteiger partial charge in [0.2, 0.25) is 5.91 Å². The Hall–Kier alpha value is -1.84. The van der Waals surface area contributed by atoms with E-state index in [1.165, 1.54) is 11.1 Å². The van der Waals surface area contributed by atoms with Gasteiger partial charge in [-0.25, -0.2) is 0 Å². The molecule has 1 fully saturated rings. The van der Waals surface area contributed by atoms with Crippen molar-refractivity contribution in [3.63, 3.8) is 0 Å². The minimum absolute atomic E-state index is 0.0419. The molecule has 114 valence electrons. The van der Waals surface area contributed by atoms with Crippen molar-refractivity contribution in [1.29, 1.82) is 0 Å². The Bertz CT molecular complexity index is 491. The molecule has 1 amide bonds. The SMILES string of the molecule is Cc1ccc(CCCC(=O)N(CCC(=O)O)C2CC2)cc1. The van der Waals surface area contributed by atoms with Gasteiger partial charge in [0.25, 0.3) is 0 Å². The maximum atomic E-state index is 12.2. The van der Waals surface area contributed by atoms with Crippen LogP contribution in [0.25, 0.3) is 0 Å². The van der Waals surface area contributed by atoms with E-state index < -0.39 is 5.97 Å². The highest BCUT2D eigenvalue weighted by molar-refractivity contribution is 5.77. The number of aryl methyl sites for hydroxylation is 2. The Labute approximate surface area is 125 Å². The number of carbonyl (C=O) groups is 2. The Morgan fingerprint density at radius 2 is 1.86 bits per heavy atom. The topological polar surface area (TPSA) is 57.6 Å². The number of aliphatic carboxylic acids is 1. The van der Waals surface area contributed by atoms with Crippen molar-refractivity contribution in [3.8, 4) is 0 Å². The normalized spacial score (nSPS) is 14.0. The lowest BCUT2D eigenvalue weighted by Crippen LogP contribution is -2.34. The third-order valence-electron chi connectivity index (χ3n) is 3.85. The van der Waals surface area contributed by atoms with Gasteiger partial charge in [-0.2, -0.15) is 0 Å². The summed E-state index contributed by atoms with van der Waals surface area (Å²) in [4.78, 5) is 24.6. The van der Waals surface area contributed by atoms with Gasteiger partial charge in [0, 0.05) is 19.0 Å². The van der Waals surface area contributed by atoms with Crippen LogP contribution in [-0.2, 0) is 16.0 Å². The predicted molar refractivity (Wildman–Crippen MR) is 81.1 cm³/mol. The van der Waals surface area contributed by atoms with Gasteiger partial charge in [0.1, 0.15) is 0 Å². The summed E-state index contributed by atoms with van der Waals surface area (Å²) in [6.07, 6.45) is 4.29. The summed E-state index contributed by atoms with van der Waals surface area (Å²) in [6, 6.07) is 8.66. The Morgan fingerprint density at radius 1 is 1.19 bits per heavy atom. The molecule has 1 aromatic carbocycles. The van der Waals surface area contributed by atoms with Gasteiger partial charge >= 0.3 is 5.97 Å². The van der Waals surface area contributed by atoms with Crippen LogP contribution >= 0.6 is 0 Å². The van der Waals surface area contributed by atoms with Crippen LogP contribution in [0.1, 0.15) is 43.2 Å². The Balaban J connectivity index is 1.76. The average molecular weight is 289 g/mol. The average Bonchev–Trinajstić information content (AvgIpc) is 3.25. The van der Waals surface area contributed by atoms with Gasteiger partial charge in [0.15, 0.2) is 0 Å². The number of carbonyl (C=O) groups excluding carboxylic acids is 1. The van der Waals surface area contributed by atoms with Crippen molar-refractivity contribution < 1.29 is 14.7 Å². The first-order valence-corrected chi connectivity index (χ1v) is 7.63. The quantitative estimate of drug-likeness (QED) is 0.800. The first-order chi connectivity index (χ1) is 10.1. The molecule has 0 aliphatic heterocycles. The van der Waals surface area contributed by atoms with E-state index in [0.29, 0.717) is 13.0 Å². The summed E-state index contributed by atoms with van der Waals surface area (Å²) < 4.78 is 0. The predicted octanol–water partition coefficient (Wildman–Crippen LogP) is 2.78. The highest BCUT2D eigenvalue weighted by atomic mass is 16.4. The summed E-state index contributed by atoms with van der Waals surface area (Å²) in [7, 11) is 0. The number of amides is 1. The van der Waals surface area contributed by atoms with Crippen LogP contribution in [0.3, 0.4) is 0 Å². The molecule has 1 aliphatic rings. The van der Waals surface area contributed by atoms with Crippen LogP contribution in [-0.4, -0.2) is 34.5 Å². The monoisotopic (exact) mass is 289 g/mol. The number of rotatable bonds is 8. The second-order valence-corrected chi connectivity index (χ2v) is 5.80. The molecule has 2 rings (SSSR count). The first-order valence-electron chi connectivity index (χ1n) is 7.63. The number of nitrogens with zero attached hydrogens (tertiary/aromatic N) is 1. The molecule has 21 heavy (non-hydrogen) atoms. The van der Waals surface area contributed by atoms with Gasteiger partial charge in [-0.3, -0.25) is 9.59 Å². The molecule has 0 unspecified atom stereocenters. The van der Waals surface area contributed by atoms with Crippen LogP contribution in [0.2, 0.25) is 0 Å². The van der Waals surface area contributed by atoms with Crippen molar-refractivity contribution in [2.24, 2.45) is 0 Å². The molecule has 0 bridgehead atoms. The molecule has 4 heteroatoms. The lowest BCUT2D eigenvalue weighted by atomic mass is 10.1. The largest absolute Gasteiger partial charge is 0.481 e. The van der Waals surface area contributed by atoms with Gasteiger partial charge in [-0.1, -0.05) is 29.8 Å². The molecule has 1 aromatic rings. The van der Waals surface area contributed by atoms with Crippen LogP contribution in [0, 0.1) is 6.92 Å². The van der Waals surface area contributed by atoms with E-state index >= 15 is 0 Å². The van der Waals surface area contributed by atoms with Crippen LogP contribution in [0.4, 0.5) is 0 Å². The summed E-state index contributed by atoms with van der Waals surface area (Å²) in [5.41, 5.74) is 2.49. The third-order valence-corrected chi connectivity index (χ3v) is 3.85. The second kappa shape index (κ2) is 7.25. The molecule has 4 nitrogen and oxygen atoms in total. The summed E-state index contributed by atoms with van der Waals surface area (Å²) in [5.74, 6) is -0.737. The van der Waals surface area contributed by atoms with E-state index in [0.717, 1.165) is 25.7 Å².